The van der Waals surface area contributed by atoms with E-state index in [1.165, 1.54) is 32.1 Å². The molecule has 0 heterocycles. The second-order valence-corrected chi connectivity index (χ2v) is 6.88. The zero-order chi connectivity index (χ0) is 11.8. The fraction of sp³-hybridized carbons (Fsp3) is 1.00. The highest BCUT2D eigenvalue weighted by Gasteiger charge is 2.47. The van der Waals surface area contributed by atoms with Gasteiger partial charge in [-0.15, -0.1) is 0 Å². The second-order valence-electron chi connectivity index (χ2n) is 6.88. The highest BCUT2D eigenvalue weighted by molar-refractivity contribution is 5.02. The van der Waals surface area contributed by atoms with Crippen LogP contribution in [0.5, 0.6) is 0 Å². The van der Waals surface area contributed by atoms with Gasteiger partial charge in [0.2, 0.25) is 0 Å². The summed E-state index contributed by atoms with van der Waals surface area (Å²) in [6, 6.07) is 0.515. The van der Waals surface area contributed by atoms with E-state index in [9.17, 15) is 5.11 Å². The normalized spacial score (nSPS) is 36.8. The van der Waals surface area contributed by atoms with Crippen molar-refractivity contribution in [2.45, 2.75) is 71.4 Å². The average molecular weight is 225 g/mol. The van der Waals surface area contributed by atoms with Crippen molar-refractivity contribution in [2.24, 2.45) is 10.8 Å². The summed E-state index contributed by atoms with van der Waals surface area (Å²) in [7, 11) is 0. The van der Waals surface area contributed by atoms with E-state index in [0.717, 1.165) is 13.0 Å². The van der Waals surface area contributed by atoms with Gasteiger partial charge in [-0.2, -0.15) is 0 Å². The Morgan fingerprint density at radius 1 is 1.12 bits per heavy atom. The van der Waals surface area contributed by atoms with Gasteiger partial charge in [-0.1, -0.05) is 40.0 Å². The van der Waals surface area contributed by atoms with E-state index in [1.807, 2.05) is 0 Å². The zero-order valence-corrected chi connectivity index (χ0v) is 11.1. The molecule has 2 fully saturated rings. The minimum Gasteiger partial charge on any atom is -0.392 e. The molecule has 2 saturated carbocycles. The van der Waals surface area contributed by atoms with Crippen molar-refractivity contribution in [1.82, 2.24) is 5.32 Å². The van der Waals surface area contributed by atoms with Crippen molar-refractivity contribution >= 4 is 0 Å². The van der Waals surface area contributed by atoms with E-state index in [2.05, 4.69) is 26.1 Å². The highest BCUT2D eigenvalue weighted by atomic mass is 16.3. The summed E-state index contributed by atoms with van der Waals surface area (Å²) in [6.45, 7) is 7.89. The van der Waals surface area contributed by atoms with Gasteiger partial charge in [-0.25, -0.2) is 0 Å². The number of rotatable bonds is 3. The first-order valence-corrected chi connectivity index (χ1v) is 6.85. The molecule has 0 aromatic heterocycles. The summed E-state index contributed by atoms with van der Waals surface area (Å²) >= 11 is 0. The van der Waals surface area contributed by atoms with Crippen LogP contribution in [0.1, 0.15) is 59.3 Å². The lowest BCUT2D eigenvalue weighted by Gasteiger charge is -2.51. The molecule has 2 heteroatoms. The van der Waals surface area contributed by atoms with Crippen LogP contribution in [0.3, 0.4) is 0 Å². The number of aliphatic hydroxyl groups excluding tert-OH is 1. The van der Waals surface area contributed by atoms with Gasteiger partial charge in [0.25, 0.3) is 0 Å². The van der Waals surface area contributed by atoms with Crippen LogP contribution in [-0.2, 0) is 0 Å². The van der Waals surface area contributed by atoms with Crippen LogP contribution in [0, 0.1) is 10.8 Å². The second kappa shape index (κ2) is 4.30. The Morgan fingerprint density at radius 2 is 1.75 bits per heavy atom. The maximum Gasteiger partial charge on any atom is 0.0621 e. The molecule has 2 N–H and O–H groups in total. The molecule has 2 unspecified atom stereocenters. The van der Waals surface area contributed by atoms with Gasteiger partial charge in [0.15, 0.2) is 0 Å². The molecule has 0 amide bonds. The van der Waals surface area contributed by atoms with Crippen LogP contribution < -0.4 is 5.32 Å². The molecular formula is C14H27NO. The number of hydrogen-bond donors (Lipinski definition) is 2. The average Bonchev–Trinajstić information content (AvgIpc) is 2.25. The molecule has 0 aliphatic heterocycles. The van der Waals surface area contributed by atoms with Crippen molar-refractivity contribution in [3.63, 3.8) is 0 Å². The molecule has 2 rings (SSSR count). The lowest BCUT2D eigenvalue weighted by atomic mass is 9.64. The standard InChI is InChI=1S/C14H27NO/c1-13(2)11(9-12(13)16)15-10-14(3)7-5-4-6-8-14/h11-12,15-16H,4-10H2,1-3H3. The van der Waals surface area contributed by atoms with Gasteiger partial charge in [0.1, 0.15) is 0 Å². The molecule has 16 heavy (non-hydrogen) atoms. The van der Waals surface area contributed by atoms with E-state index >= 15 is 0 Å². The van der Waals surface area contributed by atoms with Crippen molar-refractivity contribution in [1.29, 1.82) is 0 Å². The van der Waals surface area contributed by atoms with E-state index < -0.39 is 0 Å². The Labute approximate surface area is 99.8 Å². The van der Waals surface area contributed by atoms with E-state index in [1.54, 1.807) is 0 Å². The Morgan fingerprint density at radius 3 is 2.25 bits per heavy atom. The Bertz CT molecular complexity index is 243. The molecule has 0 radical (unpaired) electrons. The topological polar surface area (TPSA) is 32.3 Å². The first kappa shape index (κ1) is 12.4. The van der Waals surface area contributed by atoms with Crippen molar-refractivity contribution < 1.29 is 5.11 Å². The van der Waals surface area contributed by atoms with E-state index in [0.29, 0.717) is 11.5 Å². The number of aliphatic hydroxyl groups is 1. The summed E-state index contributed by atoms with van der Waals surface area (Å²) in [5, 5.41) is 13.4. The fourth-order valence-electron chi connectivity index (χ4n) is 3.20. The van der Waals surface area contributed by atoms with Crippen molar-refractivity contribution in [2.75, 3.05) is 6.54 Å². The Hall–Kier alpha value is -0.0800. The SMILES string of the molecule is CC1(CNC2CC(O)C2(C)C)CCCCC1. The third kappa shape index (κ3) is 2.28. The highest BCUT2D eigenvalue weighted by Crippen LogP contribution is 2.42. The first-order chi connectivity index (χ1) is 7.44. The molecular weight excluding hydrogens is 198 g/mol. The van der Waals surface area contributed by atoms with E-state index in [4.69, 9.17) is 0 Å². The van der Waals surface area contributed by atoms with Crippen LogP contribution in [0.4, 0.5) is 0 Å². The van der Waals surface area contributed by atoms with Gasteiger partial charge >= 0.3 is 0 Å². The Balaban J connectivity index is 1.79. The fourth-order valence-corrected chi connectivity index (χ4v) is 3.20. The molecule has 0 aromatic carbocycles. The molecule has 94 valence electrons. The summed E-state index contributed by atoms with van der Waals surface area (Å²) in [5.74, 6) is 0. The molecule has 2 atom stereocenters. The van der Waals surface area contributed by atoms with Crippen molar-refractivity contribution in [3.8, 4) is 0 Å². The summed E-state index contributed by atoms with van der Waals surface area (Å²) in [6.07, 6.45) is 7.78. The van der Waals surface area contributed by atoms with Crippen molar-refractivity contribution in [3.05, 3.63) is 0 Å². The van der Waals surface area contributed by atoms with Crippen LogP contribution in [0.15, 0.2) is 0 Å². The third-order valence-electron chi connectivity index (χ3n) is 5.05. The quantitative estimate of drug-likeness (QED) is 0.774. The monoisotopic (exact) mass is 225 g/mol. The molecule has 2 aliphatic rings. The minimum absolute atomic E-state index is 0.0744. The summed E-state index contributed by atoms with van der Waals surface area (Å²) in [5.41, 5.74) is 0.583. The number of nitrogens with one attached hydrogen (secondary N) is 1. The molecule has 0 spiro atoms. The van der Waals surface area contributed by atoms with Crippen LogP contribution >= 0.6 is 0 Å². The zero-order valence-electron chi connectivity index (χ0n) is 11.1. The molecule has 2 aliphatic carbocycles. The largest absolute Gasteiger partial charge is 0.392 e. The van der Waals surface area contributed by atoms with Gasteiger partial charge < -0.3 is 10.4 Å². The summed E-state index contributed by atoms with van der Waals surface area (Å²) in [4.78, 5) is 0. The predicted molar refractivity (Wildman–Crippen MR) is 67.4 cm³/mol. The van der Waals surface area contributed by atoms with Gasteiger partial charge in [0, 0.05) is 18.0 Å². The Kier molecular flexibility index (Phi) is 3.33. The van der Waals surface area contributed by atoms with Crippen LogP contribution in [0.25, 0.3) is 0 Å². The van der Waals surface area contributed by atoms with Gasteiger partial charge in [-0.05, 0) is 24.7 Å². The minimum atomic E-state index is -0.107. The smallest absolute Gasteiger partial charge is 0.0621 e. The molecule has 0 aromatic rings. The maximum atomic E-state index is 9.71. The lowest BCUT2D eigenvalue weighted by molar-refractivity contribution is -0.0755. The number of hydrogen-bond acceptors (Lipinski definition) is 2. The molecule has 0 saturated heterocycles. The molecule has 0 bridgehead atoms. The third-order valence-corrected chi connectivity index (χ3v) is 5.05. The van der Waals surface area contributed by atoms with Crippen LogP contribution in [-0.4, -0.2) is 23.8 Å². The molecule has 2 nitrogen and oxygen atoms in total. The van der Waals surface area contributed by atoms with Gasteiger partial charge in [0.05, 0.1) is 6.10 Å². The lowest BCUT2D eigenvalue weighted by Crippen LogP contribution is -2.61. The predicted octanol–water partition coefficient (Wildman–Crippen LogP) is 2.71. The first-order valence-electron chi connectivity index (χ1n) is 6.85. The van der Waals surface area contributed by atoms with E-state index in [-0.39, 0.29) is 11.5 Å². The van der Waals surface area contributed by atoms with Crippen LogP contribution in [0.2, 0.25) is 0 Å². The summed E-state index contributed by atoms with van der Waals surface area (Å²) < 4.78 is 0. The maximum absolute atomic E-state index is 9.71. The van der Waals surface area contributed by atoms with Gasteiger partial charge in [-0.3, -0.25) is 0 Å².